The van der Waals surface area contributed by atoms with Gasteiger partial charge >= 0.3 is 6.01 Å². The SMILES string of the molecule is COCCOc1nc(N)c2[nH]cc(Cc3ccc(CN4CCCC4)nc3)c2n1. The molecule has 3 aromatic rings. The number of hydrogen-bond acceptors (Lipinski definition) is 7. The number of methoxy groups -OCH3 is 1. The minimum absolute atomic E-state index is 0.266. The van der Waals surface area contributed by atoms with Gasteiger partial charge in [-0.15, -0.1) is 0 Å². The summed E-state index contributed by atoms with van der Waals surface area (Å²) in [6, 6.07) is 4.52. The zero-order valence-electron chi connectivity index (χ0n) is 16.1. The Morgan fingerprint density at radius 2 is 2.04 bits per heavy atom. The van der Waals surface area contributed by atoms with E-state index in [0.29, 0.717) is 25.5 Å². The number of anilines is 1. The number of nitrogens with two attached hydrogens (primary N) is 1. The number of nitrogens with zero attached hydrogens (tertiary/aromatic N) is 4. The molecule has 4 rings (SSSR count). The van der Waals surface area contributed by atoms with E-state index in [-0.39, 0.29) is 6.01 Å². The summed E-state index contributed by atoms with van der Waals surface area (Å²) in [6.07, 6.45) is 7.17. The van der Waals surface area contributed by atoms with Crippen LogP contribution in [-0.2, 0) is 17.7 Å². The largest absolute Gasteiger partial charge is 0.461 e. The number of rotatable bonds is 8. The molecule has 1 saturated heterocycles. The van der Waals surface area contributed by atoms with Crippen molar-refractivity contribution < 1.29 is 9.47 Å². The number of fused-ring (bicyclic) bond motifs is 1. The molecule has 0 unspecified atom stereocenters. The number of nitrogens with one attached hydrogen (secondary N) is 1. The maximum absolute atomic E-state index is 6.06. The summed E-state index contributed by atoms with van der Waals surface area (Å²) in [5, 5.41) is 0. The van der Waals surface area contributed by atoms with Crippen molar-refractivity contribution in [1.29, 1.82) is 0 Å². The standard InChI is InChI=1S/C20H26N6O2/c1-27-8-9-28-20-24-17-15(12-23-18(17)19(21)25-20)10-14-4-5-16(22-11-14)13-26-6-2-3-7-26/h4-5,11-12,23H,2-3,6-10,13H2,1H3,(H2,21,24,25). The fraction of sp³-hybridized carbons (Fsp3) is 0.450. The molecule has 0 radical (unpaired) electrons. The van der Waals surface area contributed by atoms with Gasteiger partial charge in [0.25, 0.3) is 0 Å². The van der Waals surface area contributed by atoms with Gasteiger partial charge in [-0.3, -0.25) is 9.88 Å². The molecule has 0 spiro atoms. The van der Waals surface area contributed by atoms with Crippen LogP contribution in [0.3, 0.4) is 0 Å². The van der Waals surface area contributed by atoms with E-state index in [9.17, 15) is 0 Å². The van der Waals surface area contributed by atoms with E-state index < -0.39 is 0 Å². The molecule has 1 fully saturated rings. The average Bonchev–Trinajstić information content (AvgIpc) is 3.34. The lowest BCUT2D eigenvalue weighted by atomic mass is 10.1. The van der Waals surface area contributed by atoms with E-state index in [2.05, 4.69) is 37.0 Å². The highest BCUT2D eigenvalue weighted by molar-refractivity contribution is 5.87. The molecular weight excluding hydrogens is 356 g/mol. The second-order valence-corrected chi connectivity index (χ2v) is 7.09. The summed E-state index contributed by atoms with van der Waals surface area (Å²) >= 11 is 0. The molecule has 8 heteroatoms. The molecule has 28 heavy (non-hydrogen) atoms. The first kappa shape index (κ1) is 18.6. The van der Waals surface area contributed by atoms with Crippen molar-refractivity contribution in [2.75, 3.05) is 39.1 Å². The van der Waals surface area contributed by atoms with Crippen LogP contribution in [-0.4, -0.2) is 58.2 Å². The third-order valence-electron chi connectivity index (χ3n) is 4.99. The highest BCUT2D eigenvalue weighted by Gasteiger charge is 2.14. The fourth-order valence-electron chi connectivity index (χ4n) is 3.52. The smallest absolute Gasteiger partial charge is 0.319 e. The van der Waals surface area contributed by atoms with Crippen molar-refractivity contribution >= 4 is 16.9 Å². The zero-order valence-corrected chi connectivity index (χ0v) is 16.1. The third-order valence-corrected chi connectivity index (χ3v) is 4.99. The van der Waals surface area contributed by atoms with Crippen molar-refractivity contribution in [3.05, 3.63) is 41.3 Å². The van der Waals surface area contributed by atoms with Gasteiger partial charge in [0.1, 0.15) is 17.6 Å². The molecule has 3 aromatic heterocycles. The quantitative estimate of drug-likeness (QED) is 0.576. The summed E-state index contributed by atoms with van der Waals surface area (Å²) in [4.78, 5) is 19.0. The van der Waals surface area contributed by atoms with E-state index in [4.69, 9.17) is 15.2 Å². The van der Waals surface area contributed by atoms with Crippen LogP contribution in [0.1, 0.15) is 29.7 Å². The van der Waals surface area contributed by atoms with Crippen LogP contribution in [0.25, 0.3) is 11.0 Å². The first-order valence-corrected chi connectivity index (χ1v) is 9.64. The van der Waals surface area contributed by atoms with Gasteiger partial charge in [0.15, 0.2) is 5.82 Å². The summed E-state index contributed by atoms with van der Waals surface area (Å²) in [5.74, 6) is 0.378. The van der Waals surface area contributed by atoms with Gasteiger partial charge in [-0.05, 0) is 37.6 Å². The number of nitrogen functional groups attached to an aromatic ring is 1. The summed E-state index contributed by atoms with van der Waals surface area (Å²) < 4.78 is 10.5. The zero-order chi connectivity index (χ0) is 19.3. The lowest BCUT2D eigenvalue weighted by Crippen LogP contribution is -2.19. The third kappa shape index (κ3) is 4.23. The predicted molar refractivity (Wildman–Crippen MR) is 107 cm³/mol. The van der Waals surface area contributed by atoms with Gasteiger partial charge < -0.3 is 20.2 Å². The highest BCUT2D eigenvalue weighted by Crippen LogP contribution is 2.25. The molecule has 0 amide bonds. The number of H-pyrrole nitrogens is 1. The summed E-state index contributed by atoms with van der Waals surface area (Å²) in [7, 11) is 1.62. The molecule has 0 aromatic carbocycles. The van der Waals surface area contributed by atoms with E-state index in [1.54, 1.807) is 7.11 Å². The van der Waals surface area contributed by atoms with Crippen LogP contribution >= 0.6 is 0 Å². The van der Waals surface area contributed by atoms with Gasteiger partial charge in [0, 0.05) is 38.0 Å². The predicted octanol–water partition coefficient (Wildman–Crippen LogP) is 2.15. The topological polar surface area (TPSA) is 102 Å². The van der Waals surface area contributed by atoms with E-state index in [1.807, 2.05) is 12.4 Å². The minimum atomic E-state index is 0.266. The Labute approximate surface area is 164 Å². The van der Waals surface area contributed by atoms with Crippen LogP contribution in [0.15, 0.2) is 24.5 Å². The van der Waals surface area contributed by atoms with Crippen LogP contribution in [0.2, 0.25) is 0 Å². The summed E-state index contributed by atoms with van der Waals surface area (Å²) in [5.41, 5.74) is 10.8. The maximum Gasteiger partial charge on any atom is 0.319 e. The Bertz CT molecular complexity index is 918. The van der Waals surface area contributed by atoms with Crippen LogP contribution in [0.5, 0.6) is 6.01 Å². The number of likely N-dealkylation sites (tertiary alicyclic amines) is 1. The number of hydrogen-bond donors (Lipinski definition) is 2. The van der Waals surface area contributed by atoms with Crippen molar-refractivity contribution in [2.24, 2.45) is 0 Å². The normalized spacial score (nSPS) is 14.8. The summed E-state index contributed by atoms with van der Waals surface area (Å²) in [6.45, 7) is 4.13. The van der Waals surface area contributed by atoms with Crippen LogP contribution in [0, 0.1) is 0 Å². The van der Waals surface area contributed by atoms with Gasteiger partial charge in [0.2, 0.25) is 0 Å². The fourth-order valence-corrected chi connectivity index (χ4v) is 3.52. The molecule has 1 aliphatic heterocycles. The Balaban J connectivity index is 1.49. The minimum Gasteiger partial charge on any atom is -0.461 e. The second kappa shape index (κ2) is 8.53. The molecule has 8 nitrogen and oxygen atoms in total. The average molecular weight is 382 g/mol. The van der Waals surface area contributed by atoms with E-state index >= 15 is 0 Å². The van der Waals surface area contributed by atoms with Gasteiger partial charge in [-0.2, -0.15) is 9.97 Å². The first-order valence-electron chi connectivity index (χ1n) is 9.64. The molecule has 3 N–H and O–H groups in total. The van der Waals surface area contributed by atoms with Gasteiger partial charge in [0.05, 0.1) is 12.3 Å². The lowest BCUT2D eigenvalue weighted by Gasteiger charge is -2.13. The Morgan fingerprint density at radius 3 is 2.79 bits per heavy atom. The number of ether oxygens (including phenoxy) is 2. The van der Waals surface area contributed by atoms with Crippen molar-refractivity contribution in [3.63, 3.8) is 0 Å². The molecule has 4 heterocycles. The molecule has 0 aliphatic carbocycles. The van der Waals surface area contributed by atoms with Gasteiger partial charge in [-0.25, -0.2) is 0 Å². The van der Waals surface area contributed by atoms with E-state index in [0.717, 1.165) is 34.4 Å². The molecule has 0 atom stereocenters. The molecule has 0 bridgehead atoms. The lowest BCUT2D eigenvalue weighted by molar-refractivity contribution is 0.141. The second-order valence-electron chi connectivity index (χ2n) is 7.09. The van der Waals surface area contributed by atoms with Crippen molar-refractivity contribution in [1.82, 2.24) is 24.8 Å². The van der Waals surface area contributed by atoms with Crippen molar-refractivity contribution in [2.45, 2.75) is 25.8 Å². The molecule has 148 valence electrons. The molecular formula is C20H26N6O2. The Hall–Kier alpha value is -2.71. The number of pyridine rings is 1. The number of aromatic nitrogens is 4. The molecule has 0 saturated carbocycles. The first-order chi connectivity index (χ1) is 13.7. The highest BCUT2D eigenvalue weighted by atomic mass is 16.5. The Morgan fingerprint density at radius 1 is 1.18 bits per heavy atom. The number of aromatic amines is 1. The van der Waals surface area contributed by atoms with Gasteiger partial charge in [-0.1, -0.05) is 6.07 Å². The van der Waals surface area contributed by atoms with E-state index in [1.165, 1.54) is 25.9 Å². The Kier molecular flexibility index (Phi) is 5.68. The van der Waals surface area contributed by atoms with Crippen LogP contribution in [0.4, 0.5) is 5.82 Å². The van der Waals surface area contributed by atoms with Crippen molar-refractivity contribution in [3.8, 4) is 6.01 Å². The maximum atomic E-state index is 6.06. The molecule has 1 aliphatic rings. The monoisotopic (exact) mass is 382 g/mol. The van der Waals surface area contributed by atoms with Crippen LogP contribution < -0.4 is 10.5 Å².